The molecule has 0 radical (unpaired) electrons. The Morgan fingerprint density at radius 3 is 2.06 bits per heavy atom. The van der Waals surface area contributed by atoms with Crippen LogP contribution in [0.2, 0.25) is 0 Å². The van der Waals surface area contributed by atoms with E-state index in [1.807, 2.05) is 6.20 Å². The topological polar surface area (TPSA) is 34.3 Å². The minimum atomic E-state index is 0. The van der Waals surface area contributed by atoms with Crippen molar-refractivity contribution < 1.29 is 25.2 Å². The summed E-state index contributed by atoms with van der Waals surface area (Å²) in [5, 5.41) is 14.7. The fraction of sp³-hybridized carbons (Fsp3) is 0.362. The number of rotatable bonds is 9. The Hall–Kier alpha value is -3.65. The number of fused-ring (bicyclic) bond motifs is 1. The summed E-state index contributed by atoms with van der Waals surface area (Å²) < 4.78 is 0. The van der Waals surface area contributed by atoms with Gasteiger partial charge in [0.05, 0.1) is 0 Å². The Morgan fingerprint density at radius 1 is 0.800 bits per heavy atom. The van der Waals surface area contributed by atoms with E-state index in [-0.39, 0.29) is 32.1 Å². The summed E-state index contributed by atoms with van der Waals surface area (Å²) >= 11 is 0. The molecule has 1 atom stereocenters. The van der Waals surface area contributed by atoms with Crippen molar-refractivity contribution in [3.63, 3.8) is 0 Å². The number of aryl methyl sites for hydroxylation is 6. The van der Waals surface area contributed by atoms with Gasteiger partial charge in [-0.05, 0) is 89.5 Å². The van der Waals surface area contributed by atoms with Crippen LogP contribution in [0.25, 0.3) is 22.5 Å². The third kappa shape index (κ3) is 9.77. The summed E-state index contributed by atoms with van der Waals surface area (Å²) in [6, 6.07) is 31.2. The molecule has 3 heteroatoms. The van der Waals surface area contributed by atoms with Gasteiger partial charge in [0.1, 0.15) is 0 Å². The molecule has 4 aromatic rings. The van der Waals surface area contributed by atoms with Crippen LogP contribution in [-0.2, 0) is 45.8 Å². The average Bonchev–Trinajstić information content (AvgIpc) is 3.10. The second kappa shape index (κ2) is 18.5. The van der Waals surface area contributed by atoms with Gasteiger partial charge in [0, 0.05) is 5.76 Å². The van der Waals surface area contributed by atoms with Gasteiger partial charge in [0.25, 0.3) is 0 Å². The first kappa shape index (κ1) is 39.1. The zero-order valence-electron chi connectivity index (χ0n) is 30.9. The Labute approximate surface area is 316 Å². The van der Waals surface area contributed by atoms with Crippen LogP contribution in [0.1, 0.15) is 109 Å². The van der Waals surface area contributed by atoms with Gasteiger partial charge in [-0.1, -0.05) is 133 Å². The summed E-state index contributed by atoms with van der Waals surface area (Å²) in [5.41, 5.74) is 15.3. The molecular weight excluding hydrogens is 787 g/mol. The van der Waals surface area contributed by atoms with Crippen LogP contribution in [0.3, 0.4) is 0 Å². The van der Waals surface area contributed by atoms with Gasteiger partial charge in [-0.2, -0.15) is 47.2 Å². The van der Waals surface area contributed by atoms with Gasteiger partial charge in [-0.15, -0.1) is 0 Å². The SMILES string of the molecule is Cc1[c-]c(C2[N-]C=Cc3cc(-c4cc5ccc4CCc4ccc(cc4)CC5)ccc32)cc(C)c1.[CH-]=C(/C=C(\O)C(CC)CC)C(CC)CC.[Ir+3]. The Balaban J connectivity index is 0.000000301. The molecule has 1 heterocycles. The molecule has 262 valence electrons. The van der Waals surface area contributed by atoms with Gasteiger partial charge >= 0.3 is 20.1 Å². The smallest absolute Gasteiger partial charge is 0.682 e. The fourth-order valence-corrected chi connectivity index (χ4v) is 7.33. The monoisotopic (exact) mass is 841 g/mol. The molecule has 0 amide bonds. The number of allylic oxidation sites excluding steroid dienone is 3. The molecule has 50 heavy (non-hydrogen) atoms. The number of benzene rings is 4. The first-order valence-electron chi connectivity index (χ1n) is 18.5. The molecule has 0 spiro atoms. The normalized spacial score (nSPS) is 15.0. The quantitative estimate of drug-likeness (QED) is 0.102. The van der Waals surface area contributed by atoms with Crippen molar-refractivity contribution in [2.75, 3.05) is 0 Å². The molecule has 1 N–H and O–H groups in total. The zero-order chi connectivity index (χ0) is 34.9. The third-order valence-electron chi connectivity index (χ3n) is 10.4. The van der Waals surface area contributed by atoms with E-state index < -0.39 is 0 Å². The minimum Gasteiger partial charge on any atom is -0.682 e. The van der Waals surface area contributed by atoms with E-state index in [9.17, 15) is 5.11 Å². The Morgan fingerprint density at radius 2 is 1.42 bits per heavy atom. The van der Waals surface area contributed by atoms with Crippen molar-refractivity contribution in [1.29, 1.82) is 0 Å². The number of nitrogens with zero attached hydrogens (tertiary/aromatic N) is 1. The van der Waals surface area contributed by atoms with Crippen LogP contribution in [-0.4, -0.2) is 5.11 Å². The molecule has 0 saturated heterocycles. The summed E-state index contributed by atoms with van der Waals surface area (Å²) in [4.78, 5) is 0. The van der Waals surface area contributed by atoms with E-state index in [1.165, 1.54) is 55.6 Å². The minimum absolute atomic E-state index is 0. The number of aliphatic hydroxyl groups excluding tert-OH is 1. The van der Waals surface area contributed by atoms with E-state index in [1.54, 1.807) is 6.08 Å². The Bertz CT molecular complexity index is 1770. The number of hydrogen-bond donors (Lipinski definition) is 1. The van der Waals surface area contributed by atoms with E-state index in [0.717, 1.165) is 62.5 Å². The zero-order valence-corrected chi connectivity index (χ0v) is 33.2. The molecule has 1 unspecified atom stereocenters. The van der Waals surface area contributed by atoms with Gasteiger partial charge < -0.3 is 10.4 Å². The molecule has 0 saturated carbocycles. The molecular formula is C47H54IrNO. The second-order valence-corrected chi connectivity index (χ2v) is 13.9. The standard InChI is InChI=1S/C33H29N.C14H25O.Ir/c1-22-17-23(2)19-30(18-22)33-31-14-13-28(21-29(31)15-16-34-33)32-20-26-8-7-24-3-5-25(6-4-24)9-11-27(32)12-10-26;1-6-12(7-2)11(5)10-14(15)13(8-3)9-4;/h3-6,10,12-18,20-21,33H,7-9,11H2,1-2H3;5,10,12-13,15H,6-9H2,1-4H3;/q-2;-1;+3/b;14-10-;. The molecule has 4 aromatic carbocycles. The summed E-state index contributed by atoms with van der Waals surface area (Å²) in [6.07, 6.45) is 14.2. The first-order valence-corrected chi connectivity index (χ1v) is 18.5. The fourth-order valence-electron chi connectivity index (χ4n) is 7.33. The third-order valence-corrected chi connectivity index (χ3v) is 10.4. The van der Waals surface area contributed by atoms with Crippen molar-refractivity contribution in [3.05, 3.63) is 164 Å². The maximum Gasteiger partial charge on any atom is 3.00 e. The average molecular weight is 841 g/mol. The molecule has 0 fully saturated rings. The second-order valence-electron chi connectivity index (χ2n) is 13.9. The molecule has 4 aliphatic carbocycles. The predicted octanol–water partition coefficient (Wildman–Crippen LogP) is 12.8. The maximum atomic E-state index is 9.88. The van der Waals surface area contributed by atoms with Crippen LogP contribution in [0, 0.1) is 38.3 Å². The van der Waals surface area contributed by atoms with E-state index in [4.69, 9.17) is 11.9 Å². The van der Waals surface area contributed by atoms with E-state index >= 15 is 0 Å². The molecule has 4 bridgehead atoms. The largest absolute Gasteiger partial charge is 3.00 e. The number of aliphatic hydroxyl groups is 1. The number of hydrogen-bond acceptors (Lipinski definition) is 1. The molecule has 5 aliphatic rings. The van der Waals surface area contributed by atoms with Gasteiger partial charge in [0.2, 0.25) is 0 Å². The molecule has 9 rings (SSSR count). The van der Waals surface area contributed by atoms with Crippen molar-refractivity contribution in [2.24, 2.45) is 11.8 Å². The van der Waals surface area contributed by atoms with Crippen molar-refractivity contribution in [1.82, 2.24) is 0 Å². The molecule has 2 nitrogen and oxygen atoms in total. The van der Waals surface area contributed by atoms with Crippen molar-refractivity contribution in [2.45, 2.75) is 99.0 Å². The van der Waals surface area contributed by atoms with Gasteiger partial charge in [-0.3, -0.25) is 6.58 Å². The van der Waals surface area contributed by atoms with Crippen molar-refractivity contribution >= 4 is 6.08 Å². The summed E-state index contributed by atoms with van der Waals surface area (Å²) in [7, 11) is 0. The van der Waals surface area contributed by atoms with Crippen LogP contribution in [0.5, 0.6) is 0 Å². The Kier molecular flexibility index (Phi) is 14.5. The summed E-state index contributed by atoms with van der Waals surface area (Å²) in [6.45, 7) is 18.7. The van der Waals surface area contributed by atoms with Crippen LogP contribution < -0.4 is 0 Å². The van der Waals surface area contributed by atoms with Crippen molar-refractivity contribution in [3.8, 4) is 11.1 Å². The first-order chi connectivity index (χ1) is 23.7. The summed E-state index contributed by atoms with van der Waals surface area (Å²) in [5.74, 6) is 1.11. The van der Waals surface area contributed by atoms with Crippen LogP contribution in [0.4, 0.5) is 0 Å². The van der Waals surface area contributed by atoms with E-state index in [0.29, 0.717) is 11.7 Å². The molecule has 1 aliphatic heterocycles. The van der Waals surface area contributed by atoms with Crippen LogP contribution in [0.15, 0.2) is 96.4 Å². The molecule has 0 aromatic heterocycles. The predicted molar refractivity (Wildman–Crippen MR) is 209 cm³/mol. The maximum absolute atomic E-state index is 9.88. The van der Waals surface area contributed by atoms with Gasteiger partial charge in [-0.25, -0.2) is 5.57 Å². The van der Waals surface area contributed by atoms with E-state index in [2.05, 4.69) is 126 Å². The van der Waals surface area contributed by atoms with Gasteiger partial charge in [0.15, 0.2) is 0 Å². The van der Waals surface area contributed by atoms with Crippen LogP contribution >= 0.6 is 0 Å².